The smallest absolute Gasteiger partial charge is 0.342 e. The van der Waals surface area contributed by atoms with Crippen molar-refractivity contribution in [3.63, 3.8) is 0 Å². The number of hydrogen-bond acceptors (Lipinski definition) is 15. The third-order valence-electron chi connectivity index (χ3n) is 17.8. The van der Waals surface area contributed by atoms with Gasteiger partial charge in [0.1, 0.15) is 57.8 Å². The van der Waals surface area contributed by atoms with Crippen LogP contribution < -0.4 is 39.1 Å². The number of benzene rings is 4. The number of aliphatic hydroxyl groups is 1. The third kappa shape index (κ3) is 14.3. The molecule has 8 aromatic rings. The van der Waals surface area contributed by atoms with Crippen LogP contribution in [-0.4, -0.2) is 101 Å². The van der Waals surface area contributed by atoms with Crippen molar-refractivity contribution in [2.45, 2.75) is 145 Å². The Morgan fingerprint density at radius 2 is 1.19 bits per heavy atom. The molecule has 90 heavy (non-hydrogen) atoms. The summed E-state index contributed by atoms with van der Waals surface area (Å²) < 4.78 is 49.6. The van der Waals surface area contributed by atoms with Gasteiger partial charge in [0.15, 0.2) is 22.9 Å². The van der Waals surface area contributed by atoms with E-state index in [1.54, 1.807) is 51.2 Å². The van der Waals surface area contributed by atoms with Gasteiger partial charge in [-0.05, 0) is 153 Å². The quantitative estimate of drug-likeness (QED) is 0.0382. The summed E-state index contributed by atoms with van der Waals surface area (Å²) in [7, 11) is 7.99. The number of aromatic nitrogens is 6. The molecule has 1 N–H and O–H groups in total. The molecule has 0 amide bonds. The normalized spacial score (nSPS) is 19.5. The summed E-state index contributed by atoms with van der Waals surface area (Å²) in [6, 6.07) is 22.4. The molecule has 476 valence electrons. The molecule has 0 saturated heterocycles. The van der Waals surface area contributed by atoms with Crippen LogP contribution in [0.1, 0.15) is 161 Å². The van der Waals surface area contributed by atoms with E-state index in [9.17, 15) is 14.7 Å². The molecule has 0 aliphatic heterocycles. The maximum Gasteiger partial charge on any atom is 0.342 e. The van der Waals surface area contributed by atoms with Crippen LogP contribution in [0, 0.1) is 50.0 Å². The number of rotatable bonds is 22. The average Bonchev–Trinajstić information content (AvgIpc) is 1.60. The zero-order valence-electron chi connectivity index (χ0n) is 54.5. The first-order chi connectivity index (χ1) is 43.5. The minimum Gasteiger partial charge on any atom is -0.497 e. The van der Waals surface area contributed by atoms with Gasteiger partial charge in [0, 0.05) is 17.2 Å². The Kier molecular flexibility index (Phi) is 21.7. The number of nitrogens with zero attached hydrogens (tertiary/aromatic N) is 7. The molecule has 4 aromatic carbocycles. The second-order valence-electron chi connectivity index (χ2n) is 24.4. The topological polar surface area (TPSA) is 193 Å². The van der Waals surface area contributed by atoms with E-state index in [1.165, 1.54) is 37.3 Å². The van der Waals surface area contributed by atoms with Crippen molar-refractivity contribution in [2.75, 3.05) is 42.2 Å². The maximum absolute atomic E-state index is 14.1. The molecular weight excluding hydrogens is 1140 g/mol. The molecule has 4 unspecified atom stereocenters. The van der Waals surface area contributed by atoms with Crippen molar-refractivity contribution in [1.82, 2.24) is 29.2 Å². The summed E-state index contributed by atoms with van der Waals surface area (Å²) in [5, 5.41) is 20.7. The molecule has 18 heteroatoms. The Bertz CT molecular complexity index is 3980. The van der Waals surface area contributed by atoms with Crippen molar-refractivity contribution in [2.24, 2.45) is 29.6 Å². The number of aryl methyl sites for hydroxylation is 1. The number of carbonyl (C=O) groups is 2. The minimum atomic E-state index is -0.577. The van der Waals surface area contributed by atoms with Crippen LogP contribution in [0.25, 0.3) is 51.1 Å². The Morgan fingerprint density at radius 3 is 1.81 bits per heavy atom. The fourth-order valence-corrected chi connectivity index (χ4v) is 13.1. The molecule has 2 fully saturated rings. The highest BCUT2D eigenvalue weighted by Gasteiger charge is 2.37. The highest BCUT2D eigenvalue weighted by atomic mass is 16.6. The fourth-order valence-electron chi connectivity index (χ4n) is 13.1. The molecule has 0 spiro atoms. The second-order valence-corrected chi connectivity index (χ2v) is 24.4. The fraction of sp³-hybridized carbons (Fsp3) is 0.458. The zero-order valence-corrected chi connectivity index (χ0v) is 54.5. The predicted octanol–water partition coefficient (Wildman–Crippen LogP) is 13.5. The van der Waals surface area contributed by atoms with Gasteiger partial charge in [-0.25, -0.2) is 33.4 Å². The monoisotopic (exact) mass is 1230 g/mol. The summed E-state index contributed by atoms with van der Waals surface area (Å²) in [5.41, 5.74) is 6.49. The van der Waals surface area contributed by atoms with Gasteiger partial charge in [0.2, 0.25) is 5.69 Å². The van der Waals surface area contributed by atoms with E-state index in [1.807, 2.05) is 80.6 Å². The van der Waals surface area contributed by atoms with E-state index >= 15 is 0 Å². The van der Waals surface area contributed by atoms with Gasteiger partial charge in [-0.15, -0.1) is 10.2 Å². The lowest BCUT2D eigenvalue weighted by molar-refractivity contribution is -0.0251. The van der Waals surface area contributed by atoms with E-state index in [0.717, 1.165) is 67.4 Å². The molecule has 4 heterocycles. The molecule has 10 rings (SSSR count). The van der Waals surface area contributed by atoms with Crippen LogP contribution in [-0.2, 0) is 16.1 Å². The molecule has 4 aromatic heterocycles. The minimum absolute atomic E-state index is 0.0949. The number of carbonyl (C=O) groups excluding carboxylic acids is 2. The van der Waals surface area contributed by atoms with Gasteiger partial charge in [0.05, 0.1) is 77.2 Å². The molecule has 2 saturated carbocycles. The van der Waals surface area contributed by atoms with Crippen LogP contribution in [0.2, 0.25) is 0 Å². The van der Waals surface area contributed by atoms with Gasteiger partial charge >= 0.3 is 11.9 Å². The molecule has 0 bridgehead atoms. The van der Waals surface area contributed by atoms with Gasteiger partial charge in [-0.3, -0.25) is 0 Å². The van der Waals surface area contributed by atoms with Crippen LogP contribution >= 0.6 is 0 Å². The van der Waals surface area contributed by atoms with Crippen molar-refractivity contribution in [3.8, 4) is 57.3 Å². The molecule has 18 nitrogen and oxygen atoms in total. The number of hydrogen-bond donors (Lipinski definition) is 1. The van der Waals surface area contributed by atoms with E-state index < -0.39 is 5.97 Å². The van der Waals surface area contributed by atoms with Crippen molar-refractivity contribution in [3.05, 3.63) is 134 Å². The first-order valence-electron chi connectivity index (χ1n) is 31.6. The van der Waals surface area contributed by atoms with Crippen LogP contribution in [0.4, 0.5) is 5.69 Å². The van der Waals surface area contributed by atoms with Gasteiger partial charge < -0.3 is 43.0 Å². The number of aliphatic hydroxyl groups excluding tert-OH is 1. The van der Waals surface area contributed by atoms with Crippen LogP contribution in [0.15, 0.2) is 72.8 Å². The van der Waals surface area contributed by atoms with Crippen LogP contribution in [0.3, 0.4) is 0 Å². The van der Waals surface area contributed by atoms with E-state index in [4.69, 9.17) is 64.6 Å². The lowest BCUT2D eigenvalue weighted by Crippen LogP contribution is -2.37. The molecular formula is C72H87N7O11. The molecule has 0 radical (unpaired) electrons. The largest absolute Gasteiger partial charge is 0.497 e. The number of fused-ring (bicyclic) bond motifs is 2. The first-order valence-corrected chi connectivity index (χ1v) is 31.6. The number of methoxy groups -OCH3 is 5. The van der Waals surface area contributed by atoms with Crippen molar-refractivity contribution in [1.29, 1.82) is 0 Å². The SMILES string of the molecule is CCCCCCCCOc1ccc(OC)c(-c2nc3c(C(=O)OC4C(C)CC(C)CC4C)c(C)/c(=C\c4ccc(OC)cc4OC)n3n2)c1.[C-]#[N+]c1c(C(=O)OC2C(C)CCCC2C)c2nc(-c3cc(C)ccc3OC)nn2/c1=C/c1ccc(OC)c(CO)c1. The standard InChI is InChI=1S/C40H53N3O6.C32H34N4O5/c1-9-10-11-12-13-14-19-48-31-17-18-34(46-7)32(23-31)38-41-39-36(40(44)49-37-26(3)20-25(2)21-27(37)4)28(5)33(43(39)42-38)22-29-15-16-30(45-6)24-35(29)47-8;1-18-10-12-26(40-6)23(14-18)30-34-31-27(32(38)41-29-19(2)8-7-9-20(29)3)28(33-4)24(36(31)35-30)16-21-11-13-25(39-5)22(15-21)17-37/h15-18,22-27,37H,9-14,19-21H2,1-8H3;10-16,19-20,29,37H,7-9,17H2,1-3,5-6H3/b33-22+;24-16+. The van der Waals surface area contributed by atoms with Gasteiger partial charge in [-0.2, -0.15) is 0 Å². The highest BCUT2D eigenvalue weighted by Crippen LogP contribution is 2.39. The van der Waals surface area contributed by atoms with Crippen molar-refractivity contribution < 1.29 is 52.6 Å². The van der Waals surface area contributed by atoms with E-state index in [-0.39, 0.29) is 65.4 Å². The molecule has 4 atom stereocenters. The van der Waals surface area contributed by atoms with E-state index in [0.29, 0.717) is 97.1 Å². The summed E-state index contributed by atoms with van der Waals surface area (Å²) in [6.07, 6.45) is 15.6. The predicted molar refractivity (Wildman–Crippen MR) is 348 cm³/mol. The zero-order chi connectivity index (χ0) is 64.3. The maximum atomic E-state index is 14.1. The number of ether oxygens (including phenoxy) is 8. The number of unbranched alkanes of at least 4 members (excludes halogenated alkanes) is 5. The first kappa shape index (κ1) is 65.7. The Balaban J connectivity index is 0.000000217. The van der Waals surface area contributed by atoms with Crippen LogP contribution in [0.5, 0.6) is 34.5 Å². The van der Waals surface area contributed by atoms with Gasteiger partial charge in [-0.1, -0.05) is 97.8 Å². The summed E-state index contributed by atoms with van der Waals surface area (Å²) in [6.45, 7) is 25.4. The lowest BCUT2D eigenvalue weighted by Gasteiger charge is -2.37. The average molecular weight is 1230 g/mol. The molecule has 2 aliphatic carbocycles. The van der Waals surface area contributed by atoms with Crippen molar-refractivity contribution >= 4 is 41.1 Å². The lowest BCUT2D eigenvalue weighted by atomic mass is 9.75. The Morgan fingerprint density at radius 1 is 0.622 bits per heavy atom. The Hall–Kier alpha value is -8.69. The second kappa shape index (κ2) is 29.7. The Labute approximate surface area is 528 Å². The van der Waals surface area contributed by atoms with E-state index in [2.05, 4.69) is 46.4 Å². The third-order valence-corrected chi connectivity index (χ3v) is 17.8. The highest BCUT2D eigenvalue weighted by molar-refractivity contribution is 6.03. The molecule has 2 aliphatic rings. The summed E-state index contributed by atoms with van der Waals surface area (Å²) in [4.78, 5) is 41.5. The summed E-state index contributed by atoms with van der Waals surface area (Å²) >= 11 is 0. The van der Waals surface area contributed by atoms with Gasteiger partial charge in [0.25, 0.3) is 0 Å². The number of esters is 2. The summed E-state index contributed by atoms with van der Waals surface area (Å²) in [5.74, 6) is 5.20.